The molecule has 2 atom stereocenters. The van der Waals surface area contributed by atoms with Crippen molar-refractivity contribution in [2.75, 3.05) is 20.3 Å². The fraction of sp³-hybridized carbons (Fsp3) is 0.267. The van der Waals surface area contributed by atoms with Crippen molar-refractivity contribution in [3.63, 3.8) is 0 Å². The van der Waals surface area contributed by atoms with Crippen molar-refractivity contribution in [3.8, 4) is 11.5 Å². The molecule has 9 heteroatoms. The number of nitrogens with one attached hydrogen (secondary N) is 1. The van der Waals surface area contributed by atoms with Gasteiger partial charge in [0.15, 0.2) is 11.6 Å². The zero-order valence-corrected chi connectivity index (χ0v) is 23.0. The number of carbonyl (C=O) groups excluding carboxylic acids is 1. The summed E-state index contributed by atoms with van der Waals surface area (Å²) in [7, 11) is 1.58. The second-order valence-electron chi connectivity index (χ2n) is 8.98. The largest absolute Gasteiger partial charge is 0.497 e. The number of aliphatic imine (C=N–C) groups is 1. The highest BCUT2D eigenvalue weighted by Crippen LogP contribution is 2.43. The van der Waals surface area contributed by atoms with Crippen LogP contribution >= 0.6 is 23.2 Å². The number of hydrogen-bond donors (Lipinski definition) is 2. The molecule has 0 spiro atoms. The Hall–Kier alpha value is -3.52. The van der Waals surface area contributed by atoms with Crippen molar-refractivity contribution in [2.24, 2.45) is 4.99 Å². The Morgan fingerprint density at radius 1 is 1.15 bits per heavy atom. The van der Waals surface area contributed by atoms with Crippen LogP contribution in [0.3, 0.4) is 0 Å². The molecule has 0 unspecified atom stereocenters. The molecular formula is C30H30Cl2N2O5. The molecule has 39 heavy (non-hydrogen) atoms. The smallest absolute Gasteiger partial charge is 0.252 e. The zero-order valence-electron chi connectivity index (χ0n) is 21.5. The van der Waals surface area contributed by atoms with Crippen LogP contribution in [0.5, 0.6) is 11.5 Å². The van der Waals surface area contributed by atoms with Crippen LogP contribution in [0.2, 0.25) is 10.0 Å². The van der Waals surface area contributed by atoms with E-state index in [2.05, 4.69) is 11.9 Å². The summed E-state index contributed by atoms with van der Waals surface area (Å²) in [6.07, 6.45) is 1.68. The van der Waals surface area contributed by atoms with Gasteiger partial charge in [0, 0.05) is 41.6 Å². The van der Waals surface area contributed by atoms with Gasteiger partial charge in [-0.3, -0.25) is 4.79 Å². The lowest BCUT2D eigenvalue weighted by atomic mass is 9.84. The van der Waals surface area contributed by atoms with Gasteiger partial charge in [-0.2, -0.15) is 0 Å². The van der Waals surface area contributed by atoms with E-state index < -0.39 is 11.6 Å². The number of carbonyl (C=O) groups is 1. The molecule has 0 aliphatic carbocycles. The third-order valence-electron chi connectivity index (χ3n) is 6.34. The summed E-state index contributed by atoms with van der Waals surface area (Å²) in [5.41, 5.74) is 0.815. The van der Waals surface area contributed by atoms with Crippen LogP contribution < -0.4 is 14.8 Å². The molecule has 0 fully saturated rings. The topological polar surface area (TPSA) is 89.4 Å². The molecule has 0 saturated carbocycles. The number of hydrogen-bond acceptors (Lipinski definition) is 6. The van der Waals surface area contributed by atoms with Gasteiger partial charge in [-0.05, 0) is 59.7 Å². The number of benzene rings is 3. The number of aliphatic hydroxyl groups is 1. The van der Waals surface area contributed by atoms with Crippen LogP contribution in [0.15, 0.2) is 84.4 Å². The maximum Gasteiger partial charge on any atom is 0.252 e. The maximum atomic E-state index is 13.9. The minimum absolute atomic E-state index is 0.0616. The first-order valence-corrected chi connectivity index (χ1v) is 13.2. The minimum atomic E-state index is -1.33. The SMILES string of the molecule is C=CC[C@@]1(C(=O)NCc2ccc(Cl)cc2Cl)N=C(c2ccc(OCCCO)cc2)O[C@@H]1c1cccc(OC)c1. The predicted octanol–water partition coefficient (Wildman–Crippen LogP) is 5.91. The van der Waals surface area contributed by atoms with E-state index in [0.29, 0.717) is 46.0 Å². The monoisotopic (exact) mass is 568 g/mol. The number of ether oxygens (including phenoxy) is 3. The van der Waals surface area contributed by atoms with Gasteiger partial charge in [0.05, 0.1) is 13.7 Å². The molecule has 3 aromatic carbocycles. The number of halogens is 2. The Morgan fingerprint density at radius 2 is 1.95 bits per heavy atom. The summed E-state index contributed by atoms with van der Waals surface area (Å²) in [4.78, 5) is 18.8. The van der Waals surface area contributed by atoms with Crippen molar-refractivity contribution in [1.29, 1.82) is 0 Å². The van der Waals surface area contributed by atoms with Crippen molar-refractivity contribution in [2.45, 2.75) is 31.0 Å². The lowest BCUT2D eigenvalue weighted by Crippen LogP contribution is -2.47. The van der Waals surface area contributed by atoms with Gasteiger partial charge in [0.2, 0.25) is 5.90 Å². The van der Waals surface area contributed by atoms with Crippen LogP contribution in [-0.2, 0) is 16.1 Å². The highest BCUT2D eigenvalue weighted by atomic mass is 35.5. The summed E-state index contributed by atoms with van der Waals surface area (Å²) < 4.78 is 17.5. The van der Waals surface area contributed by atoms with Gasteiger partial charge < -0.3 is 24.6 Å². The zero-order chi connectivity index (χ0) is 27.8. The number of aliphatic hydroxyl groups excluding tert-OH is 1. The van der Waals surface area contributed by atoms with E-state index in [0.717, 1.165) is 11.1 Å². The first-order chi connectivity index (χ1) is 18.9. The molecule has 7 nitrogen and oxygen atoms in total. The van der Waals surface area contributed by atoms with E-state index in [-0.39, 0.29) is 25.5 Å². The molecule has 1 aliphatic rings. The van der Waals surface area contributed by atoms with Gasteiger partial charge in [0.1, 0.15) is 11.5 Å². The quantitative estimate of drug-likeness (QED) is 0.209. The van der Waals surface area contributed by atoms with Gasteiger partial charge in [-0.15, -0.1) is 6.58 Å². The Bertz CT molecular complexity index is 1350. The standard InChI is InChI=1S/C30H30Cl2N2O5/c1-3-14-30(29(36)33-19-22-8-11-23(31)18-26(22)32)27(21-6-4-7-25(17-21)37-2)39-28(34-30)20-9-12-24(13-10-20)38-16-5-15-35/h3-4,6-13,17-18,27,35H,1,5,14-16,19H2,2H3,(H,33,36)/t27-,30-/m1/s1. The molecule has 1 amide bonds. The number of nitrogens with zero attached hydrogens (tertiary/aromatic N) is 1. The van der Waals surface area contributed by atoms with Gasteiger partial charge in [0.25, 0.3) is 5.91 Å². The molecule has 0 bridgehead atoms. The van der Waals surface area contributed by atoms with Crippen LogP contribution in [0, 0.1) is 0 Å². The van der Waals surface area contributed by atoms with Crippen LogP contribution in [0.4, 0.5) is 0 Å². The van der Waals surface area contributed by atoms with Crippen molar-refractivity contribution in [3.05, 3.63) is 106 Å². The maximum absolute atomic E-state index is 13.9. The summed E-state index contributed by atoms with van der Waals surface area (Å²) in [5.74, 6) is 1.28. The Kier molecular flexibility index (Phi) is 9.51. The Morgan fingerprint density at radius 3 is 2.64 bits per heavy atom. The van der Waals surface area contributed by atoms with Crippen LogP contribution in [0.1, 0.15) is 35.6 Å². The van der Waals surface area contributed by atoms with E-state index in [1.807, 2.05) is 36.4 Å². The lowest BCUT2D eigenvalue weighted by Gasteiger charge is -2.30. The third-order valence-corrected chi connectivity index (χ3v) is 6.92. The van der Waals surface area contributed by atoms with Gasteiger partial charge >= 0.3 is 0 Å². The normalized spacial score (nSPS) is 18.2. The predicted molar refractivity (Wildman–Crippen MR) is 153 cm³/mol. The molecule has 0 saturated heterocycles. The van der Waals surface area contributed by atoms with Crippen LogP contribution in [-0.4, -0.2) is 42.8 Å². The van der Waals surface area contributed by atoms with Gasteiger partial charge in [-0.1, -0.05) is 47.5 Å². The van der Waals surface area contributed by atoms with E-state index in [9.17, 15) is 4.79 Å². The molecular weight excluding hydrogens is 539 g/mol. The Labute approximate surface area is 238 Å². The first-order valence-electron chi connectivity index (χ1n) is 12.5. The Balaban J connectivity index is 1.68. The fourth-order valence-corrected chi connectivity index (χ4v) is 4.81. The highest BCUT2D eigenvalue weighted by Gasteiger charge is 2.52. The molecule has 1 aliphatic heterocycles. The van der Waals surface area contributed by atoms with E-state index in [4.69, 9.17) is 47.5 Å². The average Bonchev–Trinajstić information content (AvgIpc) is 3.34. The fourth-order valence-electron chi connectivity index (χ4n) is 4.33. The summed E-state index contributed by atoms with van der Waals surface area (Å²) in [6.45, 7) is 4.55. The highest BCUT2D eigenvalue weighted by molar-refractivity contribution is 6.35. The number of amides is 1. The molecule has 0 aromatic heterocycles. The first kappa shape index (κ1) is 28.5. The average molecular weight is 569 g/mol. The minimum Gasteiger partial charge on any atom is -0.497 e. The summed E-state index contributed by atoms with van der Waals surface area (Å²) in [5, 5.41) is 12.9. The lowest BCUT2D eigenvalue weighted by molar-refractivity contribution is -0.129. The second-order valence-corrected chi connectivity index (χ2v) is 9.82. The molecule has 1 heterocycles. The van der Waals surface area contributed by atoms with E-state index >= 15 is 0 Å². The van der Waals surface area contributed by atoms with Crippen molar-refractivity contribution < 1.29 is 24.1 Å². The van der Waals surface area contributed by atoms with Gasteiger partial charge in [-0.25, -0.2) is 4.99 Å². The second kappa shape index (κ2) is 13.0. The summed E-state index contributed by atoms with van der Waals surface area (Å²) in [6, 6.07) is 19.8. The number of methoxy groups -OCH3 is 1. The van der Waals surface area contributed by atoms with E-state index in [1.54, 1.807) is 43.5 Å². The van der Waals surface area contributed by atoms with E-state index in [1.165, 1.54) is 0 Å². The summed E-state index contributed by atoms with van der Waals surface area (Å²) >= 11 is 12.4. The third kappa shape index (κ3) is 6.56. The molecule has 2 N–H and O–H groups in total. The van der Waals surface area contributed by atoms with Crippen LogP contribution in [0.25, 0.3) is 0 Å². The number of rotatable bonds is 12. The molecule has 204 valence electrons. The van der Waals surface area contributed by atoms with Crippen molar-refractivity contribution >= 4 is 35.0 Å². The molecule has 3 aromatic rings. The molecule has 4 rings (SSSR count). The van der Waals surface area contributed by atoms with Crippen molar-refractivity contribution in [1.82, 2.24) is 5.32 Å². The molecule has 0 radical (unpaired) electrons.